The molecule has 384 valence electrons. The molecule has 0 aliphatic heterocycles. The van der Waals surface area contributed by atoms with Gasteiger partial charge in [0, 0.05) is 12.8 Å². The molecule has 1 amide bonds. The summed E-state index contributed by atoms with van der Waals surface area (Å²) >= 11 is 0. The van der Waals surface area contributed by atoms with Crippen LogP contribution in [0.5, 0.6) is 0 Å². The Morgan fingerprint density at radius 1 is 0.415 bits per heavy atom. The van der Waals surface area contributed by atoms with E-state index >= 15 is 0 Å². The van der Waals surface area contributed by atoms with Gasteiger partial charge in [-0.2, -0.15) is 0 Å². The van der Waals surface area contributed by atoms with Crippen molar-refractivity contribution in [3.05, 3.63) is 24.3 Å². The van der Waals surface area contributed by atoms with Crippen LogP contribution in [0, 0.1) is 0 Å². The molecule has 0 spiro atoms. The number of allylic oxidation sites excluding steroid dienone is 3. The van der Waals surface area contributed by atoms with Crippen LogP contribution in [0.15, 0.2) is 24.3 Å². The predicted octanol–water partition coefficient (Wildman–Crippen LogP) is 17.9. The van der Waals surface area contributed by atoms with Crippen LogP contribution in [0.3, 0.4) is 0 Å². The number of amides is 1. The Bertz CT molecular complexity index is 1010. The highest BCUT2D eigenvalue weighted by molar-refractivity contribution is 5.76. The third-order valence-electron chi connectivity index (χ3n) is 13.5. The SMILES string of the molecule is CCCCCCCCCC/C=C/C(O)C(CO)NC(=O)CCCCCCCCCCCCC/C=C\CCCCCCCCCCCCCCOC(=O)CCCCCCCCCCCCC. The summed E-state index contributed by atoms with van der Waals surface area (Å²) < 4.78 is 5.46. The number of ether oxygens (including phenoxy) is 1. The number of unbranched alkanes of at least 4 members (excludes halogenated alkanes) is 41. The molecule has 65 heavy (non-hydrogen) atoms. The van der Waals surface area contributed by atoms with Gasteiger partial charge in [0.25, 0.3) is 0 Å². The maximum Gasteiger partial charge on any atom is 0.305 e. The number of esters is 1. The minimum Gasteiger partial charge on any atom is -0.466 e. The highest BCUT2D eigenvalue weighted by Crippen LogP contribution is 2.17. The zero-order valence-electron chi connectivity index (χ0n) is 43.7. The lowest BCUT2D eigenvalue weighted by molar-refractivity contribution is -0.143. The number of rotatable bonds is 54. The van der Waals surface area contributed by atoms with Crippen LogP contribution < -0.4 is 5.32 Å². The molecule has 6 heteroatoms. The molecule has 0 aliphatic rings. The van der Waals surface area contributed by atoms with E-state index in [1.54, 1.807) is 6.08 Å². The molecule has 2 unspecified atom stereocenters. The van der Waals surface area contributed by atoms with Crippen LogP contribution in [0.25, 0.3) is 0 Å². The third kappa shape index (κ3) is 51.6. The number of hydrogen-bond donors (Lipinski definition) is 3. The highest BCUT2D eigenvalue weighted by Gasteiger charge is 2.18. The summed E-state index contributed by atoms with van der Waals surface area (Å²) in [6, 6.07) is -0.626. The summed E-state index contributed by atoms with van der Waals surface area (Å²) in [5, 5.41) is 23.0. The molecule has 0 saturated carbocycles. The molecule has 6 nitrogen and oxygen atoms in total. The molecular formula is C59H113NO5. The van der Waals surface area contributed by atoms with E-state index in [1.807, 2.05) is 6.08 Å². The second-order valence-electron chi connectivity index (χ2n) is 20.0. The zero-order chi connectivity index (χ0) is 47.2. The van der Waals surface area contributed by atoms with Crippen molar-refractivity contribution in [2.45, 2.75) is 328 Å². The quantitative estimate of drug-likeness (QED) is 0.0321. The molecule has 2 atom stereocenters. The highest BCUT2D eigenvalue weighted by atomic mass is 16.5. The number of nitrogens with one attached hydrogen (secondary N) is 1. The molecule has 0 aromatic heterocycles. The average Bonchev–Trinajstić information content (AvgIpc) is 3.31. The number of hydrogen-bond acceptors (Lipinski definition) is 5. The maximum absolute atomic E-state index is 12.4. The fourth-order valence-corrected chi connectivity index (χ4v) is 8.98. The number of aliphatic hydroxyl groups excluding tert-OH is 2. The Balaban J connectivity index is 3.38. The van der Waals surface area contributed by atoms with E-state index in [1.165, 1.54) is 250 Å². The maximum atomic E-state index is 12.4. The summed E-state index contributed by atoms with van der Waals surface area (Å²) in [6.07, 6.45) is 66.5. The van der Waals surface area contributed by atoms with Crippen molar-refractivity contribution < 1.29 is 24.5 Å². The molecule has 0 rings (SSSR count). The van der Waals surface area contributed by atoms with Crippen molar-refractivity contribution in [3.63, 3.8) is 0 Å². The first-order chi connectivity index (χ1) is 32.0. The normalized spacial score (nSPS) is 12.7. The molecule has 0 radical (unpaired) electrons. The van der Waals surface area contributed by atoms with Crippen molar-refractivity contribution in [2.24, 2.45) is 0 Å². The first-order valence-corrected chi connectivity index (χ1v) is 29.1. The summed E-state index contributed by atoms with van der Waals surface area (Å²) in [6.45, 7) is 4.89. The zero-order valence-corrected chi connectivity index (χ0v) is 43.7. The van der Waals surface area contributed by atoms with Crippen LogP contribution >= 0.6 is 0 Å². The molecule has 0 aliphatic carbocycles. The monoisotopic (exact) mass is 916 g/mol. The van der Waals surface area contributed by atoms with E-state index < -0.39 is 12.1 Å². The molecular weight excluding hydrogens is 803 g/mol. The Hall–Kier alpha value is -1.66. The molecule has 0 fully saturated rings. The van der Waals surface area contributed by atoms with E-state index in [4.69, 9.17) is 4.74 Å². The Morgan fingerprint density at radius 3 is 1.09 bits per heavy atom. The lowest BCUT2D eigenvalue weighted by Crippen LogP contribution is -2.45. The van der Waals surface area contributed by atoms with Gasteiger partial charge in [-0.05, 0) is 57.8 Å². The van der Waals surface area contributed by atoms with Gasteiger partial charge in [-0.15, -0.1) is 0 Å². The Kier molecular flexibility index (Phi) is 53.5. The summed E-state index contributed by atoms with van der Waals surface area (Å²) in [7, 11) is 0. The van der Waals surface area contributed by atoms with Crippen LogP contribution in [0.4, 0.5) is 0 Å². The predicted molar refractivity (Wildman–Crippen MR) is 283 cm³/mol. The smallest absolute Gasteiger partial charge is 0.305 e. The van der Waals surface area contributed by atoms with Crippen LogP contribution in [0.2, 0.25) is 0 Å². The van der Waals surface area contributed by atoms with Gasteiger partial charge in [-0.1, -0.05) is 269 Å². The van der Waals surface area contributed by atoms with Crippen molar-refractivity contribution >= 4 is 11.9 Å². The number of aliphatic hydroxyl groups is 2. The molecule has 0 aromatic rings. The van der Waals surface area contributed by atoms with Gasteiger partial charge in [-0.3, -0.25) is 9.59 Å². The van der Waals surface area contributed by atoms with Crippen molar-refractivity contribution in [3.8, 4) is 0 Å². The van der Waals surface area contributed by atoms with Crippen molar-refractivity contribution in [2.75, 3.05) is 13.2 Å². The second-order valence-corrected chi connectivity index (χ2v) is 20.0. The standard InChI is InChI=1S/C59H113NO5/c1-3-5-7-9-11-13-32-37-41-45-49-53-59(64)65-54-50-46-42-38-34-31-29-27-25-23-21-19-17-15-16-18-20-22-24-26-28-30-33-36-40-44-48-52-58(63)60-56(55-61)57(62)51-47-43-39-35-14-12-10-8-6-4-2/h15-16,47,51,56-57,61-62H,3-14,17-46,48-50,52-55H2,1-2H3,(H,60,63)/b16-15-,51-47+. The van der Waals surface area contributed by atoms with Gasteiger partial charge < -0.3 is 20.3 Å². The average molecular weight is 917 g/mol. The van der Waals surface area contributed by atoms with Crippen LogP contribution in [-0.2, 0) is 14.3 Å². The first kappa shape index (κ1) is 63.3. The van der Waals surface area contributed by atoms with Gasteiger partial charge in [0.1, 0.15) is 0 Å². The van der Waals surface area contributed by atoms with E-state index in [0.717, 1.165) is 38.5 Å². The van der Waals surface area contributed by atoms with E-state index in [0.29, 0.717) is 19.4 Å². The summed E-state index contributed by atoms with van der Waals surface area (Å²) in [5.74, 6) is -0.0559. The Labute approximate surface area is 405 Å². The van der Waals surface area contributed by atoms with E-state index in [9.17, 15) is 19.8 Å². The van der Waals surface area contributed by atoms with Crippen molar-refractivity contribution in [1.82, 2.24) is 5.32 Å². The topological polar surface area (TPSA) is 95.9 Å². The van der Waals surface area contributed by atoms with Gasteiger partial charge in [0.15, 0.2) is 0 Å². The van der Waals surface area contributed by atoms with Gasteiger partial charge in [-0.25, -0.2) is 0 Å². The van der Waals surface area contributed by atoms with Crippen molar-refractivity contribution in [1.29, 1.82) is 0 Å². The molecule has 0 heterocycles. The van der Waals surface area contributed by atoms with Gasteiger partial charge in [0.05, 0.1) is 25.4 Å². The largest absolute Gasteiger partial charge is 0.466 e. The third-order valence-corrected chi connectivity index (χ3v) is 13.5. The van der Waals surface area contributed by atoms with Crippen LogP contribution in [0.1, 0.15) is 316 Å². The summed E-state index contributed by atoms with van der Waals surface area (Å²) in [5.41, 5.74) is 0. The number of carbonyl (C=O) groups is 2. The molecule has 3 N–H and O–H groups in total. The van der Waals surface area contributed by atoms with E-state index in [-0.39, 0.29) is 18.5 Å². The number of carbonyl (C=O) groups excluding carboxylic acids is 2. The molecule has 0 saturated heterocycles. The van der Waals surface area contributed by atoms with Gasteiger partial charge in [0.2, 0.25) is 5.91 Å². The molecule has 0 bridgehead atoms. The van der Waals surface area contributed by atoms with Gasteiger partial charge >= 0.3 is 5.97 Å². The van der Waals surface area contributed by atoms with Crippen LogP contribution in [-0.4, -0.2) is 47.4 Å². The Morgan fingerprint density at radius 2 is 0.723 bits per heavy atom. The minimum atomic E-state index is -0.842. The lowest BCUT2D eigenvalue weighted by Gasteiger charge is -2.20. The first-order valence-electron chi connectivity index (χ1n) is 29.1. The summed E-state index contributed by atoms with van der Waals surface area (Å²) in [4.78, 5) is 24.4. The fourth-order valence-electron chi connectivity index (χ4n) is 8.98. The lowest BCUT2D eigenvalue weighted by atomic mass is 10.0. The fraction of sp³-hybridized carbons (Fsp3) is 0.898. The minimum absolute atomic E-state index is 0.0143. The second kappa shape index (κ2) is 54.9. The van der Waals surface area contributed by atoms with E-state index in [2.05, 4.69) is 31.3 Å². The molecule has 0 aromatic carbocycles.